The minimum absolute atomic E-state index is 0.333. The molecular weight excluding hydrogens is 218 g/mol. The van der Waals surface area contributed by atoms with E-state index in [1.807, 2.05) is 12.2 Å². The number of hydrogen-bond acceptors (Lipinski definition) is 1. The highest BCUT2D eigenvalue weighted by atomic mass is 14.8. The second-order valence-corrected chi connectivity index (χ2v) is 4.60. The van der Waals surface area contributed by atoms with Crippen LogP contribution in [-0.4, -0.2) is 13.1 Å². The van der Waals surface area contributed by atoms with Crippen molar-refractivity contribution in [1.82, 2.24) is 5.32 Å². The highest BCUT2D eigenvalue weighted by Crippen LogP contribution is 2.13. The summed E-state index contributed by atoms with van der Waals surface area (Å²) in [5.41, 5.74) is 1.33. The van der Waals surface area contributed by atoms with Crippen molar-refractivity contribution in [3.8, 4) is 11.8 Å². The Morgan fingerprint density at radius 2 is 2.11 bits per heavy atom. The van der Waals surface area contributed by atoms with E-state index in [-0.39, 0.29) is 0 Å². The minimum atomic E-state index is 0.333. The molecular formula is C17H27N. The summed E-state index contributed by atoms with van der Waals surface area (Å²) < 4.78 is 0. The summed E-state index contributed by atoms with van der Waals surface area (Å²) >= 11 is 0. The summed E-state index contributed by atoms with van der Waals surface area (Å²) in [6.45, 7) is 15.8. The number of rotatable bonds is 8. The molecule has 2 atom stereocenters. The quantitative estimate of drug-likeness (QED) is 0.388. The van der Waals surface area contributed by atoms with E-state index in [2.05, 4.69) is 57.2 Å². The van der Waals surface area contributed by atoms with E-state index in [1.54, 1.807) is 0 Å². The van der Waals surface area contributed by atoms with Crippen LogP contribution < -0.4 is 5.32 Å². The molecule has 0 aliphatic heterocycles. The lowest BCUT2D eigenvalue weighted by molar-refractivity contribution is 0.601. The van der Waals surface area contributed by atoms with Crippen LogP contribution in [-0.2, 0) is 0 Å². The van der Waals surface area contributed by atoms with E-state index >= 15 is 0 Å². The summed E-state index contributed by atoms with van der Waals surface area (Å²) in [4.78, 5) is 0. The average Bonchev–Trinajstić information content (AvgIpc) is 2.39. The molecule has 0 bridgehead atoms. The zero-order chi connectivity index (χ0) is 13.8. The lowest BCUT2D eigenvalue weighted by Gasteiger charge is -2.08. The molecule has 0 aromatic heterocycles. The van der Waals surface area contributed by atoms with Crippen molar-refractivity contribution in [2.45, 2.75) is 33.6 Å². The zero-order valence-corrected chi connectivity index (χ0v) is 12.1. The normalized spacial score (nSPS) is 14.3. The first-order valence-corrected chi connectivity index (χ1v) is 6.71. The van der Waals surface area contributed by atoms with Gasteiger partial charge in [0.1, 0.15) is 0 Å². The zero-order valence-electron chi connectivity index (χ0n) is 12.1. The molecule has 0 amide bonds. The lowest BCUT2D eigenvalue weighted by Crippen LogP contribution is -2.20. The molecule has 0 radical (unpaired) electrons. The summed E-state index contributed by atoms with van der Waals surface area (Å²) in [6.07, 6.45) is 7.87. The maximum absolute atomic E-state index is 3.79. The van der Waals surface area contributed by atoms with Crippen LogP contribution in [0.4, 0.5) is 0 Å². The van der Waals surface area contributed by atoms with Gasteiger partial charge in [0.25, 0.3) is 0 Å². The van der Waals surface area contributed by atoms with Crippen molar-refractivity contribution >= 4 is 0 Å². The molecule has 0 saturated carbocycles. The summed E-state index contributed by atoms with van der Waals surface area (Å²) in [5.74, 6) is 7.43. The fraction of sp³-hybridized carbons (Fsp3) is 0.529. The molecule has 0 aromatic rings. The first-order valence-electron chi connectivity index (χ1n) is 6.71. The average molecular weight is 245 g/mol. The van der Waals surface area contributed by atoms with Gasteiger partial charge in [0.15, 0.2) is 0 Å². The molecule has 2 unspecified atom stereocenters. The molecule has 0 aromatic carbocycles. The van der Waals surface area contributed by atoms with Crippen molar-refractivity contribution < 1.29 is 0 Å². The molecule has 0 aliphatic carbocycles. The summed E-state index contributed by atoms with van der Waals surface area (Å²) in [6, 6.07) is 0. The third-order valence-corrected chi connectivity index (χ3v) is 2.98. The van der Waals surface area contributed by atoms with Gasteiger partial charge in [-0.25, -0.2) is 0 Å². The number of nitrogens with one attached hydrogen (secondary N) is 1. The van der Waals surface area contributed by atoms with Gasteiger partial charge in [0, 0.05) is 25.4 Å². The van der Waals surface area contributed by atoms with Crippen LogP contribution in [0.2, 0.25) is 0 Å². The Bertz CT molecular complexity index is 327. The summed E-state index contributed by atoms with van der Waals surface area (Å²) in [5, 5.41) is 3.38. The Labute approximate surface area is 113 Å². The molecule has 0 heterocycles. The molecule has 18 heavy (non-hydrogen) atoms. The third-order valence-electron chi connectivity index (χ3n) is 2.98. The van der Waals surface area contributed by atoms with E-state index in [1.165, 1.54) is 5.57 Å². The Morgan fingerprint density at radius 3 is 2.67 bits per heavy atom. The van der Waals surface area contributed by atoms with E-state index in [0.717, 1.165) is 25.9 Å². The van der Waals surface area contributed by atoms with Gasteiger partial charge in [-0.3, -0.25) is 0 Å². The monoisotopic (exact) mass is 245 g/mol. The molecule has 100 valence electrons. The van der Waals surface area contributed by atoms with E-state index < -0.39 is 0 Å². The van der Waals surface area contributed by atoms with Gasteiger partial charge < -0.3 is 5.32 Å². The second-order valence-electron chi connectivity index (χ2n) is 4.60. The highest BCUT2D eigenvalue weighted by Gasteiger charge is 2.03. The molecule has 0 aliphatic rings. The van der Waals surface area contributed by atoms with E-state index in [4.69, 9.17) is 0 Å². The SMILES string of the molecule is C=CCC(C#CCCNCC(C)C=C)/C(C)=C/C. The maximum atomic E-state index is 3.79. The van der Waals surface area contributed by atoms with Crippen LogP contribution in [0.25, 0.3) is 0 Å². The lowest BCUT2D eigenvalue weighted by atomic mass is 9.97. The van der Waals surface area contributed by atoms with Gasteiger partial charge in [0.2, 0.25) is 0 Å². The topological polar surface area (TPSA) is 12.0 Å². The summed E-state index contributed by atoms with van der Waals surface area (Å²) in [7, 11) is 0. The Balaban J connectivity index is 3.98. The highest BCUT2D eigenvalue weighted by molar-refractivity contribution is 5.18. The molecule has 0 saturated heterocycles. The third kappa shape index (κ3) is 7.92. The minimum Gasteiger partial charge on any atom is -0.315 e. The van der Waals surface area contributed by atoms with Crippen molar-refractivity contribution in [1.29, 1.82) is 0 Å². The molecule has 0 fully saturated rings. The smallest absolute Gasteiger partial charge is 0.0443 e. The van der Waals surface area contributed by atoms with Crippen molar-refractivity contribution in [3.05, 3.63) is 37.0 Å². The Morgan fingerprint density at radius 1 is 1.39 bits per heavy atom. The van der Waals surface area contributed by atoms with Gasteiger partial charge >= 0.3 is 0 Å². The molecule has 0 spiro atoms. The van der Waals surface area contributed by atoms with Crippen LogP contribution in [0, 0.1) is 23.7 Å². The fourth-order valence-corrected chi connectivity index (χ4v) is 1.49. The number of hydrogen-bond donors (Lipinski definition) is 1. The Kier molecular flexibility index (Phi) is 10.1. The molecule has 0 rings (SSSR count). The number of allylic oxidation sites excluding steroid dienone is 3. The molecule has 1 N–H and O–H groups in total. The predicted molar refractivity (Wildman–Crippen MR) is 82.4 cm³/mol. The van der Waals surface area contributed by atoms with E-state index in [9.17, 15) is 0 Å². The van der Waals surface area contributed by atoms with Crippen molar-refractivity contribution in [2.24, 2.45) is 11.8 Å². The maximum Gasteiger partial charge on any atom is 0.0443 e. The van der Waals surface area contributed by atoms with Crippen LogP contribution in [0.5, 0.6) is 0 Å². The van der Waals surface area contributed by atoms with Crippen molar-refractivity contribution in [2.75, 3.05) is 13.1 Å². The van der Waals surface area contributed by atoms with E-state index in [0.29, 0.717) is 11.8 Å². The predicted octanol–water partition coefficient (Wildman–Crippen LogP) is 3.95. The van der Waals surface area contributed by atoms with Gasteiger partial charge in [-0.15, -0.1) is 19.1 Å². The van der Waals surface area contributed by atoms with Crippen LogP contribution >= 0.6 is 0 Å². The largest absolute Gasteiger partial charge is 0.315 e. The Hall–Kier alpha value is -1.26. The van der Waals surface area contributed by atoms with Gasteiger partial charge in [-0.05, 0) is 26.2 Å². The van der Waals surface area contributed by atoms with Gasteiger partial charge in [-0.2, -0.15) is 0 Å². The first kappa shape index (κ1) is 16.7. The fourth-order valence-electron chi connectivity index (χ4n) is 1.49. The van der Waals surface area contributed by atoms with Gasteiger partial charge in [0.05, 0.1) is 0 Å². The molecule has 1 nitrogen and oxygen atoms in total. The van der Waals surface area contributed by atoms with Crippen LogP contribution in [0.15, 0.2) is 37.0 Å². The van der Waals surface area contributed by atoms with Crippen LogP contribution in [0.1, 0.15) is 33.6 Å². The molecule has 1 heteroatoms. The first-order chi connectivity index (χ1) is 8.65. The van der Waals surface area contributed by atoms with Gasteiger partial charge in [-0.1, -0.05) is 36.6 Å². The van der Waals surface area contributed by atoms with Crippen molar-refractivity contribution in [3.63, 3.8) is 0 Å². The standard InChI is InChI=1S/C17H27N/c1-6-11-17(16(5)8-3)12-9-10-13-18-14-15(4)7-2/h6-8,15,17-18H,1-2,10-11,13-14H2,3-5H3/b16-8+. The second kappa shape index (κ2) is 10.9. The van der Waals surface area contributed by atoms with Crippen LogP contribution in [0.3, 0.4) is 0 Å².